The molecule has 0 aliphatic carbocycles. The van der Waals surface area contributed by atoms with E-state index in [-0.39, 0.29) is 24.9 Å². The number of ketones is 1. The molecule has 0 spiro atoms. The van der Waals surface area contributed by atoms with Crippen LogP contribution in [-0.4, -0.2) is 37.5 Å². The van der Waals surface area contributed by atoms with Gasteiger partial charge in [-0.1, -0.05) is 117 Å². The van der Waals surface area contributed by atoms with Crippen LogP contribution < -0.4 is 5.32 Å². The zero-order valence-corrected chi connectivity index (χ0v) is 25.8. The molecule has 222 valence electrons. The van der Waals surface area contributed by atoms with Crippen LogP contribution in [0.5, 0.6) is 0 Å². The van der Waals surface area contributed by atoms with Gasteiger partial charge in [-0.25, -0.2) is 4.57 Å². The number of carbonyl (C=O) groups excluding carboxylic acids is 1. The van der Waals surface area contributed by atoms with Crippen molar-refractivity contribution in [3.05, 3.63) is 0 Å². The van der Waals surface area contributed by atoms with Crippen molar-refractivity contribution in [2.75, 3.05) is 26.8 Å². The third kappa shape index (κ3) is 27.1. The molecule has 0 aliphatic heterocycles. The molecule has 0 aliphatic rings. The van der Waals surface area contributed by atoms with Gasteiger partial charge in [0.15, 0.2) is 0 Å². The Morgan fingerprint density at radius 1 is 0.730 bits per heavy atom. The van der Waals surface area contributed by atoms with Gasteiger partial charge in [0.25, 0.3) is 0 Å². The molecule has 0 bridgehead atoms. The number of hydrogen-bond donors (Lipinski definition) is 2. The van der Waals surface area contributed by atoms with Crippen molar-refractivity contribution in [3.8, 4) is 0 Å². The first-order chi connectivity index (χ1) is 17.9. The van der Waals surface area contributed by atoms with E-state index in [0.29, 0.717) is 12.8 Å². The summed E-state index contributed by atoms with van der Waals surface area (Å²) in [6, 6.07) is 0. The molecule has 6 nitrogen and oxygen atoms in total. The van der Waals surface area contributed by atoms with Crippen LogP contribution in [0.1, 0.15) is 155 Å². The number of carbonyl (C=O) groups is 1. The Bertz CT molecular complexity index is 546. The topological polar surface area (TPSA) is 89.4 Å². The third-order valence-electron chi connectivity index (χ3n) is 7.13. The molecule has 0 fully saturated rings. The number of phosphoric ester groups is 1. The molecule has 0 saturated carbocycles. The predicted octanol–water partition coefficient (Wildman–Crippen LogP) is 8.12. The van der Waals surface area contributed by atoms with E-state index in [0.717, 1.165) is 45.1 Å². The molecule has 37 heavy (non-hydrogen) atoms. The van der Waals surface area contributed by atoms with Gasteiger partial charge in [0.05, 0.1) is 26.8 Å². The largest absolute Gasteiger partial charge is 0.472 e. The Labute approximate surface area is 230 Å². The molecular formula is C30H63NO5P+. The summed E-state index contributed by atoms with van der Waals surface area (Å²) in [6.45, 7) is 5.59. The van der Waals surface area contributed by atoms with Gasteiger partial charge in [0.1, 0.15) is 5.78 Å². The van der Waals surface area contributed by atoms with E-state index < -0.39 is 7.82 Å². The number of nitrogens with two attached hydrogens (primary N) is 1. The average molecular weight is 549 g/mol. The molecular weight excluding hydrogens is 485 g/mol. The van der Waals surface area contributed by atoms with Gasteiger partial charge in [0.2, 0.25) is 0 Å². The van der Waals surface area contributed by atoms with Crippen LogP contribution in [0.4, 0.5) is 0 Å². The molecule has 0 rings (SSSR count). The Balaban J connectivity index is 3.91. The maximum Gasteiger partial charge on any atom is 0.472 e. The summed E-state index contributed by atoms with van der Waals surface area (Å²) in [5.74, 6) is 0.210. The minimum atomic E-state index is -4.05. The monoisotopic (exact) mass is 548 g/mol. The van der Waals surface area contributed by atoms with Crippen molar-refractivity contribution in [2.45, 2.75) is 155 Å². The van der Waals surface area contributed by atoms with E-state index in [4.69, 9.17) is 9.05 Å². The van der Waals surface area contributed by atoms with Gasteiger partial charge in [-0.2, -0.15) is 0 Å². The summed E-state index contributed by atoms with van der Waals surface area (Å²) in [7, 11) is -2.05. The summed E-state index contributed by atoms with van der Waals surface area (Å²) in [4.78, 5) is 22.2. The molecule has 0 radical (unpaired) electrons. The van der Waals surface area contributed by atoms with Crippen LogP contribution in [0.25, 0.3) is 0 Å². The lowest BCUT2D eigenvalue weighted by atomic mass is 9.94. The number of unbranched alkanes of at least 4 members (excludes halogenated alkanes) is 16. The standard InChI is InChI=1S/C30H62NO5P/c1-4-6-7-8-9-10-11-12-13-14-15-16-17-18-19-20-24-29(27-30(32)23-5-2)28-36-37(33,34)35-26-22-21-25-31-3/h29,31H,4-28H2,1-3H3,(H,33,34)/p+1. The van der Waals surface area contributed by atoms with Crippen LogP contribution in [-0.2, 0) is 18.4 Å². The highest BCUT2D eigenvalue weighted by molar-refractivity contribution is 7.47. The highest BCUT2D eigenvalue weighted by Gasteiger charge is 2.24. The first kappa shape index (κ1) is 36.7. The molecule has 2 atom stereocenters. The number of quaternary nitrogens is 1. The fourth-order valence-corrected chi connectivity index (χ4v) is 5.63. The lowest BCUT2D eigenvalue weighted by Crippen LogP contribution is -2.79. The summed E-state index contributed by atoms with van der Waals surface area (Å²) in [5, 5.41) is 2.08. The van der Waals surface area contributed by atoms with Crippen molar-refractivity contribution in [1.82, 2.24) is 0 Å². The Kier molecular flexibility index (Phi) is 27.1. The van der Waals surface area contributed by atoms with Gasteiger partial charge in [-0.15, -0.1) is 0 Å². The second-order valence-corrected chi connectivity index (χ2v) is 12.4. The van der Waals surface area contributed by atoms with E-state index >= 15 is 0 Å². The highest BCUT2D eigenvalue weighted by atomic mass is 31.2. The molecule has 2 unspecified atom stereocenters. The minimum absolute atomic E-state index is 0.00976. The first-order valence-corrected chi connectivity index (χ1v) is 17.4. The summed E-state index contributed by atoms with van der Waals surface area (Å²) >= 11 is 0. The molecule has 0 heterocycles. The normalized spacial score (nSPS) is 14.1. The second kappa shape index (κ2) is 27.3. The second-order valence-electron chi connectivity index (χ2n) is 11.0. The van der Waals surface area contributed by atoms with Crippen molar-refractivity contribution in [2.24, 2.45) is 5.92 Å². The lowest BCUT2D eigenvalue weighted by Gasteiger charge is -2.19. The first-order valence-electron chi connectivity index (χ1n) is 15.9. The maximum atomic E-state index is 12.2. The predicted molar refractivity (Wildman–Crippen MR) is 156 cm³/mol. The van der Waals surface area contributed by atoms with Crippen molar-refractivity contribution >= 4 is 13.6 Å². The molecule has 0 saturated heterocycles. The van der Waals surface area contributed by atoms with E-state index in [1.165, 1.54) is 89.9 Å². The van der Waals surface area contributed by atoms with Crippen molar-refractivity contribution in [3.63, 3.8) is 0 Å². The summed E-state index contributed by atoms with van der Waals surface area (Å²) < 4.78 is 22.6. The van der Waals surface area contributed by atoms with Crippen LogP contribution in [0.15, 0.2) is 0 Å². The highest BCUT2D eigenvalue weighted by Crippen LogP contribution is 2.44. The minimum Gasteiger partial charge on any atom is -0.349 e. The fraction of sp³-hybridized carbons (Fsp3) is 0.967. The maximum absolute atomic E-state index is 12.2. The molecule has 0 aromatic heterocycles. The van der Waals surface area contributed by atoms with Crippen LogP contribution in [0, 0.1) is 5.92 Å². The van der Waals surface area contributed by atoms with Crippen LogP contribution in [0.2, 0.25) is 0 Å². The summed E-state index contributed by atoms with van der Waals surface area (Å²) in [6.07, 6.45) is 25.7. The molecule has 3 N–H and O–H groups in total. The Morgan fingerprint density at radius 2 is 1.24 bits per heavy atom. The van der Waals surface area contributed by atoms with Gasteiger partial charge in [-0.05, 0) is 31.6 Å². The molecule has 0 aromatic rings. The lowest BCUT2D eigenvalue weighted by molar-refractivity contribution is -0.627. The quantitative estimate of drug-likeness (QED) is 0.0699. The average Bonchev–Trinajstić information content (AvgIpc) is 2.87. The molecule has 0 amide bonds. The smallest absolute Gasteiger partial charge is 0.349 e. The van der Waals surface area contributed by atoms with E-state index in [1.54, 1.807) is 0 Å². The third-order valence-corrected chi connectivity index (χ3v) is 8.11. The van der Waals surface area contributed by atoms with E-state index in [1.807, 2.05) is 14.0 Å². The van der Waals surface area contributed by atoms with E-state index in [2.05, 4.69) is 12.2 Å². The van der Waals surface area contributed by atoms with Crippen molar-refractivity contribution < 1.29 is 28.6 Å². The van der Waals surface area contributed by atoms with Crippen LogP contribution in [0.3, 0.4) is 0 Å². The molecule has 0 aromatic carbocycles. The summed E-state index contributed by atoms with van der Waals surface area (Å²) in [5.41, 5.74) is 0. The number of rotatable bonds is 30. The number of phosphoric acid groups is 1. The van der Waals surface area contributed by atoms with Gasteiger partial charge in [-0.3, -0.25) is 13.8 Å². The zero-order chi connectivity index (χ0) is 27.5. The van der Waals surface area contributed by atoms with Crippen LogP contribution >= 0.6 is 7.82 Å². The van der Waals surface area contributed by atoms with Gasteiger partial charge >= 0.3 is 7.82 Å². The zero-order valence-electron chi connectivity index (χ0n) is 24.9. The molecule has 7 heteroatoms. The van der Waals surface area contributed by atoms with Gasteiger partial charge < -0.3 is 10.2 Å². The Morgan fingerprint density at radius 3 is 1.73 bits per heavy atom. The van der Waals surface area contributed by atoms with E-state index in [9.17, 15) is 14.3 Å². The van der Waals surface area contributed by atoms with Gasteiger partial charge in [0, 0.05) is 12.8 Å². The Hall–Kier alpha value is -0.260. The number of hydrogen-bond acceptors (Lipinski definition) is 4. The SMILES string of the molecule is CCCCCCCCCCCCCCCCCCC(COP(=O)(O)OCCCC[NH2+]C)CC(=O)CCC. The van der Waals surface area contributed by atoms with Crippen molar-refractivity contribution in [1.29, 1.82) is 0 Å². The fourth-order valence-electron chi connectivity index (χ4n) is 4.80. The number of Topliss-reactive ketones (excluding diaryl/α,β-unsaturated/α-hetero) is 1.